The number of nitrogens with zero attached hydrogens (tertiary/aromatic N) is 4. The lowest BCUT2D eigenvalue weighted by Gasteiger charge is -2.31. The number of hydrogen-bond donors (Lipinski definition) is 1. The molecule has 2 unspecified atom stereocenters. The number of rotatable bonds is 7. The van der Waals surface area contributed by atoms with Gasteiger partial charge in [-0.3, -0.25) is 14.2 Å². The molecule has 156 valence electrons. The van der Waals surface area contributed by atoms with Gasteiger partial charge in [-0.15, -0.1) is 21.5 Å². The number of piperidine rings is 1. The average Bonchev–Trinajstić information content (AvgIpc) is 3.49. The van der Waals surface area contributed by atoms with Crippen LogP contribution in [0, 0.1) is 5.92 Å². The zero-order valence-corrected chi connectivity index (χ0v) is 17.8. The maximum absolute atomic E-state index is 12.7. The number of primary amides is 1. The Hall–Kier alpha value is -1.91. The molecule has 2 aliphatic heterocycles. The Morgan fingerprint density at radius 2 is 2.21 bits per heavy atom. The van der Waals surface area contributed by atoms with E-state index in [1.54, 1.807) is 16.2 Å². The van der Waals surface area contributed by atoms with Crippen LogP contribution in [0.4, 0.5) is 0 Å². The standard InChI is InChI=1S/C19H25N5O3S2/c20-17(26)13-4-1-7-23(10-13)16(25)12-29-19-22-21-18(15-6-3-9-28-15)24(19)11-14-5-2-8-27-14/h3,6,9,13-14H,1-2,4-5,7-8,10-12H2,(H2,20,26). The van der Waals surface area contributed by atoms with E-state index in [-0.39, 0.29) is 29.6 Å². The van der Waals surface area contributed by atoms with Crippen molar-refractivity contribution >= 4 is 34.9 Å². The van der Waals surface area contributed by atoms with Gasteiger partial charge < -0.3 is 15.4 Å². The van der Waals surface area contributed by atoms with Crippen LogP contribution in [0.5, 0.6) is 0 Å². The van der Waals surface area contributed by atoms with Crippen molar-refractivity contribution in [2.45, 2.75) is 43.5 Å². The maximum Gasteiger partial charge on any atom is 0.233 e. The number of carbonyl (C=O) groups excluding carboxylic acids is 2. The highest BCUT2D eigenvalue weighted by molar-refractivity contribution is 7.99. The Morgan fingerprint density at radius 1 is 1.31 bits per heavy atom. The van der Waals surface area contributed by atoms with Crippen molar-refractivity contribution in [2.75, 3.05) is 25.4 Å². The van der Waals surface area contributed by atoms with Gasteiger partial charge in [-0.1, -0.05) is 17.8 Å². The fourth-order valence-corrected chi connectivity index (χ4v) is 5.36. The van der Waals surface area contributed by atoms with Crippen LogP contribution in [0.2, 0.25) is 0 Å². The molecule has 0 aliphatic carbocycles. The second-order valence-electron chi connectivity index (χ2n) is 7.40. The van der Waals surface area contributed by atoms with Crippen LogP contribution in [0.1, 0.15) is 25.7 Å². The number of hydrogen-bond acceptors (Lipinski definition) is 7. The topological polar surface area (TPSA) is 103 Å². The molecule has 0 spiro atoms. The van der Waals surface area contributed by atoms with Gasteiger partial charge in [0.2, 0.25) is 11.8 Å². The van der Waals surface area contributed by atoms with E-state index in [0.29, 0.717) is 19.6 Å². The summed E-state index contributed by atoms with van der Waals surface area (Å²) >= 11 is 3.01. The summed E-state index contributed by atoms with van der Waals surface area (Å²) in [4.78, 5) is 27.0. The summed E-state index contributed by atoms with van der Waals surface area (Å²) in [7, 11) is 0. The van der Waals surface area contributed by atoms with Crippen molar-refractivity contribution in [1.82, 2.24) is 19.7 Å². The number of nitrogens with two attached hydrogens (primary N) is 1. The van der Waals surface area contributed by atoms with Crippen molar-refractivity contribution in [3.05, 3.63) is 17.5 Å². The quantitative estimate of drug-likeness (QED) is 0.667. The third-order valence-electron chi connectivity index (χ3n) is 5.37. The van der Waals surface area contributed by atoms with Crippen LogP contribution in [-0.4, -0.2) is 63.0 Å². The third-order valence-corrected chi connectivity index (χ3v) is 7.19. The Morgan fingerprint density at radius 3 is 2.93 bits per heavy atom. The number of aromatic nitrogens is 3. The molecule has 8 nitrogen and oxygen atoms in total. The summed E-state index contributed by atoms with van der Waals surface area (Å²) in [6, 6.07) is 4.02. The highest BCUT2D eigenvalue weighted by Crippen LogP contribution is 2.29. The summed E-state index contributed by atoms with van der Waals surface area (Å²) in [5.74, 6) is 0.514. The van der Waals surface area contributed by atoms with Gasteiger partial charge >= 0.3 is 0 Å². The van der Waals surface area contributed by atoms with E-state index in [0.717, 1.165) is 48.1 Å². The Kier molecular flexibility index (Phi) is 6.51. The Bertz CT molecular complexity index is 848. The molecule has 10 heteroatoms. The molecule has 0 radical (unpaired) electrons. The number of likely N-dealkylation sites (tertiary alicyclic amines) is 1. The fourth-order valence-electron chi connectivity index (χ4n) is 3.79. The molecule has 2 atom stereocenters. The second kappa shape index (κ2) is 9.27. The van der Waals surface area contributed by atoms with Gasteiger partial charge in [-0.25, -0.2) is 0 Å². The predicted octanol–water partition coefficient (Wildman–Crippen LogP) is 2.00. The normalized spacial score (nSPS) is 22.1. The molecular formula is C19H25N5O3S2. The third kappa shape index (κ3) is 4.81. The number of ether oxygens (including phenoxy) is 1. The smallest absolute Gasteiger partial charge is 0.233 e. The molecular weight excluding hydrogens is 410 g/mol. The van der Waals surface area contributed by atoms with Gasteiger partial charge in [0, 0.05) is 19.7 Å². The lowest BCUT2D eigenvalue weighted by atomic mass is 9.97. The molecule has 4 heterocycles. The number of carbonyl (C=O) groups is 2. The largest absolute Gasteiger partial charge is 0.376 e. The van der Waals surface area contributed by atoms with Crippen LogP contribution in [0.3, 0.4) is 0 Å². The van der Waals surface area contributed by atoms with E-state index >= 15 is 0 Å². The molecule has 0 bridgehead atoms. The van der Waals surface area contributed by atoms with Crippen molar-refractivity contribution in [3.8, 4) is 10.7 Å². The average molecular weight is 436 g/mol. The number of thiophene rings is 1. The number of amides is 2. The van der Waals surface area contributed by atoms with Crippen LogP contribution in [0.15, 0.2) is 22.7 Å². The van der Waals surface area contributed by atoms with Crippen LogP contribution >= 0.6 is 23.1 Å². The number of thioether (sulfide) groups is 1. The molecule has 2 aromatic rings. The first-order chi connectivity index (χ1) is 14.1. The van der Waals surface area contributed by atoms with E-state index in [1.165, 1.54) is 11.8 Å². The first-order valence-electron chi connectivity index (χ1n) is 9.90. The molecule has 2 N–H and O–H groups in total. The molecule has 2 aromatic heterocycles. The maximum atomic E-state index is 12.7. The van der Waals surface area contributed by atoms with Gasteiger partial charge in [0.15, 0.2) is 11.0 Å². The highest BCUT2D eigenvalue weighted by atomic mass is 32.2. The van der Waals surface area contributed by atoms with Crippen molar-refractivity contribution < 1.29 is 14.3 Å². The van der Waals surface area contributed by atoms with Crippen LogP contribution in [-0.2, 0) is 20.9 Å². The molecule has 2 aliphatic rings. The van der Waals surface area contributed by atoms with Crippen molar-refractivity contribution in [3.63, 3.8) is 0 Å². The van der Waals surface area contributed by atoms with Crippen LogP contribution < -0.4 is 5.73 Å². The molecule has 4 rings (SSSR count). The zero-order chi connectivity index (χ0) is 20.2. The Labute approximate surface area is 177 Å². The minimum Gasteiger partial charge on any atom is -0.376 e. The van der Waals surface area contributed by atoms with Gasteiger partial charge in [0.25, 0.3) is 0 Å². The summed E-state index contributed by atoms with van der Waals surface area (Å²) in [6.45, 7) is 2.56. The summed E-state index contributed by atoms with van der Waals surface area (Å²) < 4.78 is 7.88. The molecule has 0 saturated carbocycles. The minimum absolute atomic E-state index is 0.00490. The zero-order valence-electron chi connectivity index (χ0n) is 16.2. The van der Waals surface area contributed by atoms with E-state index in [9.17, 15) is 9.59 Å². The Balaban J connectivity index is 1.45. The van der Waals surface area contributed by atoms with Crippen LogP contribution in [0.25, 0.3) is 10.7 Å². The molecule has 0 aromatic carbocycles. The van der Waals surface area contributed by atoms with Gasteiger partial charge in [-0.05, 0) is 37.1 Å². The SMILES string of the molecule is NC(=O)C1CCCN(C(=O)CSc2nnc(-c3cccs3)n2CC2CCCO2)C1. The first kappa shape index (κ1) is 20.4. The van der Waals surface area contributed by atoms with Crippen molar-refractivity contribution in [2.24, 2.45) is 11.7 Å². The summed E-state index contributed by atoms with van der Waals surface area (Å²) in [6.07, 6.45) is 3.80. The van der Waals surface area contributed by atoms with E-state index < -0.39 is 0 Å². The van der Waals surface area contributed by atoms with Crippen molar-refractivity contribution in [1.29, 1.82) is 0 Å². The minimum atomic E-state index is -0.327. The fraction of sp³-hybridized carbons (Fsp3) is 0.579. The molecule has 2 amide bonds. The van der Waals surface area contributed by atoms with Gasteiger partial charge in [-0.2, -0.15) is 0 Å². The molecule has 2 saturated heterocycles. The predicted molar refractivity (Wildman–Crippen MR) is 112 cm³/mol. The lowest BCUT2D eigenvalue weighted by Crippen LogP contribution is -2.44. The van der Waals surface area contributed by atoms with E-state index in [1.807, 2.05) is 17.5 Å². The lowest BCUT2D eigenvalue weighted by molar-refractivity contribution is -0.132. The molecule has 29 heavy (non-hydrogen) atoms. The monoisotopic (exact) mass is 435 g/mol. The van der Waals surface area contributed by atoms with Gasteiger partial charge in [0.05, 0.1) is 29.2 Å². The highest BCUT2D eigenvalue weighted by Gasteiger charge is 2.28. The second-order valence-corrected chi connectivity index (χ2v) is 9.29. The van der Waals surface area contributed by atoms with E-state index in [2.05, 4.69) is 14.8 Å². The summed E-state index contributed by atoms with van der Waals surface area (Å²) in [5, 5.41) is 11.5. The van der Waals surface area contributed by atoms with Gasteiger partial charge in [0.1, 0.15) is 0 Å². The van der Waals surface area contributed by atoms with E-state index in [4.69, 9.17) is 10.5 Å². The molecule has 2 fully saturated rings. The first-order valence-corrected chi connectivity index (χ1v) is 11.8. The summed E-state index contributed by atoms with van der Waals surface area (Å²) in [5.41, 5.74) is 5.43.